The van der Waals surface area contributed by atoms with Crippen molar-refractivity contribution < 1.29 is 27.1 Å². The molecule has 0 rings (SSSR count). The maximum absolute atomic E-state index is 12.5. The van der Waals surface area contributed by atoms with Gasteiger partial charge in [-0.15, -0.1) is 0 Å². The Kier molecular flexibility index (Phi) is 5.18. The lowest BCUT2D eigenvalue weighted by Crippen LogP contribution is -2.49. The lowest BCUT2D eigenvalue weighted by Gasteiger charge is -2.26. The standard InChI is InChI=1S/C9H15F4NO2/c1-4-16-8(2,3)5-14-7(15)9(12,13)6(10)11/h6H,4-5H2,1-3H3,(H,14,15). The normalized spacial score (nSPS) is 13.0. The number of hydrogen-bond donors (Lipinski definition) is 1. The Balaban J connectivity index is 4.27. The molecule has 0 aromatic rings. The fourth-order valence-electron chi connectivity index (χ4n) is 0.952. The molecule has 96 valence electrons. The molecule has 1 N–H and O–H groups in total. The van der Waals surface area contributed by atoms with Gasteiger partial charge in [-0.2, -0.15) is 8.78 Å². The summed E-state index contributed by atoms with van der Waals surface area (Å²) in [7, 11) is 0. The van der Waals surface area contributed by atoms with E-state index in [-0.39, 0.29) is 6.54 Å². The van der Waals surface area contributed by atoms with Crippen LogP contribution >= 0.6 is 0 Å². The van der Waals surface area contributed by atoms with Crippen LogP contribution in [0.4, 0.5) is 17.6 Å². The monoisotopic (exact) mass is 245 g/mol. The van der Waals surface area contributed by atoms with Gasteiger partial charge >= 0.3 is 12.3 Å². The molecule has 0 aliphatic carbocycles. The minimum Gasteiger partial charge on any atom is -0.374 e. The summed E-state index contributed by atoms with van der Waals surface area (Å²) < 4.78 is 53.7. The predicted octanol–water partition coefficient (Wildman–Crippen LogP) is 1.82. The van der Waals surface area contributed by atoms with Crippen LogP contribution in [0.3, 0.4) is 0 Å². The Hall–Kier alpha value is -0.850. The first kappa shape index (κ1) is 15.2. The Bertz CT molecular complexity index is 244. The molecule has 7 heteroatoms. The maximum Gasteiger partial charge on any atom is 0.383 e. The summed E-state index contributed by atoms with van der Waals surface area (Å²) in [4.78, 5) is 10.8. The second kappa shape index (κ2) is 5.47. The molecule has 0 aromatic heterocycles. The van der Waals surface area contributed by atoms with Gasteiger partial charge in [0.15, 0.2) is 0 Å². The van der Waals surface area contributed by atoms with Crippen LogP contribution in [-0.4, -0.2) is 37.0 Å². The third-order valence-corrected chi connectivity index (χ3v) is 1.79. The van der Waals surface area contributed by atoms with E-state index in [2.05, 4.69) is 0 Å². The number of hydrogen-bond acceptors (Lipinski definition) is 2. The molecule has 3 nitrogen and oxygen atoms in total. The molecular weight excluding hydrogens is 230 g/mol. The quantitative estimate of drug-likeness (QED) is 0.725. The Labute approximate surface area is 91.1 Å². The van der Waals surface area contributed by atoms with Crippen LogP contribution < -0.4 is 5.32 Å². The van der Waals surface area contributed by atoms with Crippen molar-refractivity contribution in [3.8, 4) is 0 Å². The molecule has 0 aromatic carbocycles. The fraction of sp³-hybridized carbons (Fsp3) is 0.889. The zero-order chi connectivity index (χ0) is 13.0. The van der Waals surface area contributed by atoms with Gasteiger partial charge in [0, 0.05) is 13.2 Å². The first-order valence-corrected chi connectivity index (χ1v) is 4.71. The molecule has 1 amide bonds. The minimum absolute atomic E-state index is 0.262. The number of alkyl halides is 4. The average Bonchev–Trinajstić information content (AvgIpc) is 2.13. The Morgan fingerprint density at radius 3 is 2.25 bits per heavy atom. The summed E-state index contributed by atoms with van der Waals surface area (Å²) in [6.07, 6.45) is -4.01. The summed E-state index contributed by atoms with van der Waals surface area (Å²) >= 11 is 0. The van der Waals surface area contributed by atoms with Crippen molar-refractivity contribution in [3.05, 3.63) is 0 Å². The maximum atomic E-state index is 12.5. The number of amides is 1. The van der Waals surface area contributed by atoms with E-state index < -0.39 is 23.9 Å². The number of nitrogens with one attached hydrogen (secondary N) is 1. The number of halogens is 4. The lowest BCUT2D eigenvalue weighted by molar-refractivity contribution is -0.170. The molecule has 0 aliphatic heterocycles. The zero-order valence-electron chi connectivity index (χ0n) is 9.32. The summed E-state index contributed by atoms with van der Waals surface area (Å²) in [6, 6.07) is 0. The number of carbonyl (C=O) groups excluding carboxylic acids is 1. The highest BCUT2D eigenvalue weighted by Gasteiger charge is 2.49. The molecular formula is C9H15F4NO2. The van der Waals surface area contributed by atoms with Crippen LogP contribution in [0, 0.1) is 0 Å². The van der Waals surface area contributed by atoms with Crippen molar-refractivity contribution >= 4 is 5.91 Å². The third kappa shape index (κ3) is 4.34. The van der Waals surface area contributed by atoms with Crippen molar-refractivity contribution in [2.45, 2.75) is 38.7 Å². The highest BCUT2D eigenvalue weighted by atomic mass is 19.3. The molecule has 0 aliphatic rings. The largest absolute Gasteiger partial charge is 0.383 e. The molecule has 0 saturated carbocycles. The average molecular weight is 245 g/mol. The molecule has 0 radical (unpaired) electrons. The third-order valence-electron chi connectivity index (χ3n) is 1.79. The van der Waals surface area contributed by atoms with Crippen molar-refractivity contribution in [2.75, 3.05) is 13.2 Å². The van der Waals surface area contributed by atoms with Crippen LogP contribution in [0.5, 0.6) is 0 Å². The van der Waals surface area contributed by atoms with Crippen molar-refractivity contribution in [1.29, 1.82) is 0 Å². The smallest absolute Gasteiger partial charge is 0.374 e. The van der Waals surface area contributed by atoms with Crippen molar-refractivity contribution in [3.63, 3.8) is 0 Å². The first-order chi connectivity index (χ1) is 7.13. The summed E-state index contributed by atoms with van der Waals surface area (Å²) in [6.45, 7) is 4.86. The molecule has 0 heterocycles. The highest BCUT2D eigenvalue weighted by molar-refractivity contribution is 5.83. The topological polar surface area (TPSA) is 38.3 Å². The van der Waals surface area contributed by atoms with Gasteiger partial charge in [0.2, 0.25) is 0 Å². The fourth-order valence-corrected chi connectivity index (χ4v) is 0.952. The second-order valence-corrected chi connectivity index (χ2v) is 3.80. The minimum atomic E-state index is -4.66. The van der Waals surface area contributed by atoms with E-state index in [9.17, 15) is 22.4 Å². The van der Waals surface area contributed by atoms with E-state index in [1.165, 1.54) is 0 Å². The van der Waals surface area contributed by atoms with Crippen LogP contribution in [0.25, 0.3) is 0 Å². The predicted molar refractivity (Wildman–Crippen MR) is 49.7 cm³/mol. The summed E-state index contributed by atoms with van der Waals surface area (Å²) in [5.74, 6) is -6.65. The van der Waals surface area contributed by atoms with E-state index in [1.807, 2.05) is 0 Å². The number of rotatable bonds is 6. The SMILES string of the molecule is CCOC(C)(C)CNC(=O)C(F)(F)C(F)F. The van der Waals surface area contributed by atoms with Gasteiger partial charge in [0.25, 0.3) is 5.91 Å². The van der Waals surface area contributed by atoms with Crippen molar-refractivity contribution in [2.24, 2.45) is 0 Å². The molecule has 0 spiro atoms. The van der Waals surface area contributed by atoms with E-state index in [0.29, 0.717) is 6.61 Å². The Morgan fingerprint density at radius 2 is 1.88 bits per heavy atom. The summed E-state index contributed by atoms with van der Waals surface area (Å²) in [5.41, 5.74) is -0.872. The lowest BCUT2D eigenvalue weighted by atomic mass is 10.1. The molecule has 16 heavy (non-hydrogen) atoms. The van der Waals surface area contributed by atoms with Crippen LogP contribution in [-0.2, 0) is 9.53 Å². The van der Waals surface area contributed by atoms with E-state index in [4.69, 9.17) is 4.74 Å². The van der Waals surface area contributed by atoms with E-state index >= 15 is 0 Å². The van der Waals surface area contributed by atoms with Crippen molar-refractivity contribution in [1.82, 2.24) is 5.32 Å². The van der Waals surface area contributed by atoms with Crippen LogP contribution in [0.15, 0.2) is 0 Å². The zero-order valence-corrected chi connectivity index (χ0v) is 9.32. The van der Waals surface area contributed by atoms with Crippen LogP contribution in [0.1, 0.15) is 20.8 Å². The number of ether oxygens (including phenoxy) is 1. The highest BCUT2D eigenvalue weighted by Crippen LogP contribution is 2.23. The van der Waals surface area contributed by atoms with Gasteiger partial charge in [-0.05, 0) is 20.8 Å². The Morgan fingerprint density at radius 1 is 1.38 bits per heavy atom. The van der Waals surface area contributed by atoms with E-state index in [0.717, 1.165) is 0 Å². The van der Waals surface area contributed by atoms with Gasteiger partial charge in [-0.25, -0.2) is 8.78 Å². The van der Waals surface area contributed by atoms with Gasteiger partial charge in [-0.1, -0.05) is 0 Å². The first-order valence-electron chi connectivity index (χ1n) is 4.71. The van der Waals surface area contributed by atoms with Gasteiger partial charge in [0.05, 0.1) is 5.60 Å². The molecule has 0 atom stereocenters. The molecule has 0 saturated heterocycles. The van der Waals surface area contributed by atoms with Gasteiger partial charge < -0.3 is 10.1 Å². The molecule has 0 unspecified atom stereocenters. The molecule has 0 fully saturated rings. The van der Waals surface area contributed by atoms with Gasteiger partial charge in [-0.3, -0.25) is 4.79 Å². The molecule has 0 bridgehead atoms. The van der Waals surface area contributed by atoms with Crippen LogP contribution in [0.2, 0.25) is 0 Å². The van der Waals surface area contributed by atoms with Gasteiger partial charge in [0.1, 0.15) is 0 Å². The second-order valence-electron chi connectivity index (χ2n) is 3.80. The number of carbonyl (C=O) groups is 1. The van der Waals surface area contributed by atoms with E-state index in [1.54, 1.807) is 26.1 Å². The summed E-state index contributed by atoms with van der Waals surface area (Å²) in [5, 5.41) is 1.74.